The Hall–Kier alpha value is -4.30. The Morgan fingerprint density at radius 3 is 2.97 bits per heavy atom. The quantitative estimate of drug-likeness (QED) is 0.353. The van der Waals surface area contributed by atoms with E-state index in [4.69, 9.17) is 14.2 Å². The molecular weight excluding hydrogens is 468 g/mol. The zero-order valence-electron chi connectivity index (χ0n) is 20.6. The van der Waals surface area contributed by atoms with Crippen LogP contribution in [-0.2, 0) is 17.7 Å². The third-order valence-electron chi connectivity index (χ3n) is 6.82. The van der Waals surface area contributed by atoms with Gasteiger partial charge in [0.15, 0.2) is 0 Å². The molecule has 1 saturated heterocycles. The van der Waals surface area contributed by atoms with Gasteiger partial charge in [-0.2, -0.15) is 0 Å². The van der Waals surface area contributed by atoms with Crippen molar-refractivity contribution in [2.24, 2.45) is 0 Å². The van der Waals surface area contributed by atoms with E-state index in [1.165, 1.54) is 0 Å². The van der Waals surface area contributed by atoms with Gasteiger partial charge in [-0.1, -0.05) is 18.2 Å². The largest absolute Gasteiger partial charge is 0.495 e. The van der Waals surface area contributed by atoms with Gasteiger partial charge in [0.2, 0.25) is 5.56 Å². The van der Waals surface area contributed by atoms with Gasteiger partial charge in [-0.05, 0) is 41.5 Å². The smallest absolute Gasteiger partial charge is 0.249 e. The summed E-state index contributed by atoms with van der Waals surface area (Å²) >= 11 is 0. The molecule has 0 aliphatic carbocycles. The van der Waals surface area contributed by atoms with E-state index < -0.39 is 0 Å². The molecule has 8 nitrogen and oxygen atoms in total. The number of para-hydroxylation sites is 1. The first-order valence-electron chi connectivity index (χ1n) is 12.4. The minimum Gasteiger partial charge on any atom is -0.495 e. The lowest BCUT2D eigenvalue weighted by Gasteiger charge is -2.36. The van der Waals surface area contributed by atoms with Crippen molar-refractivity contribution in [3.8, 4) is 17.2 Å². The van der Waals surface area contributed by atoms with Crippen molar-refractivity contribution < 1.29 is 14.2 Å². The van der Waals surface area contributed by atoms with E-state index in [-0.39, 0.29) is 11.7 Å². The Labute approximate surface area is 214 Å². The van der Waals surface area contributed by atoms with E-state index >= 15 is 0 Å². The highest BCUT2D eigenvalue weighted by atomic mass is 16.5. The lowest BCUT2D eigenvalue weighted by molar-refractivity contribution is 0.0384. The molecule has 8 heteroatoms. The van der Waals surface area contributed by atoms with Gasteiger partial charge in [0.05, 0.1) is 19.9 Å². The van der Waals surface area contributed by atoms with E-state index in [0.717, 1.165) is 63.8 Å². The molecule has 0 saturated carbocycles. The van der Waals surface area contributed by atoms with Gasteiger partial charge >= 0.3 is 0 Å². The molecule has 2 aromatic carbocycles. The number of rotatable bonds is 6. The second kappa shape index (κ2) is 9.99. The number of morpholine rings is 1. The van der Waals surface area contributed by atoms with Crippen molar-refractivity contribution in [3.63, 3.8) is 0 Å². The van der Waals surface area contributed by atoms with Gasteiger partial charge in [-0.25, -0.2) is 0 Å². The fourth-order valence-corrected chi connectivity index (χ4v) is 4.94. The maximum absolute atomic E-state index is 11.8. The van der Waals surface area contributed by atoms with Crippen LogP contribution in [0.15, 0.2) is 78.0 Å². The number of hydrogen-bond acceptors (Lipinski definition) is 7. The maximum Gasteiger partial charge on any atom is 0.249 e. The summed E-state index contributed by atoms with van der Waals surface area (Å²) in [7, 11) is 1.64. The predicted molar refractivity (Wildman–Crippen MR) is 142 cm³/mol. The summed E-state index contributed by atoms with van der Waals surface area (Å²) in [4.78, 5) is 20.9. The number of pyridine rings is 2. The van der Waals surface area contributed by atoms with Crippen LogP contribution in [0.5, 0.6) is 17.2 Å². The van der Waals surface area contributed by atoms with E-state index in [9.17, 15) is 4.79 Å². The molecule has 188 valence electrons. The summed E-state index contributed by atoms with van der Waals surface area (Å²) in [5.74, 6) is 2.47. The number of H-pyrrole nitrogens is 1. The van der Waals surface area contributed by atoms with Gasteiger partial charge in [-0.3, -0.25) is 9.78 Å². The van der Waals surface area contributed by atoms with Gasteiger partial charge in [0, 0.05) is 67.0 Å². The second-order valence-corrected chi connectivity index (χ2v) is 9.24. The number of benzene rings is 2. The third-order valence-corrected chi connectivity index (χ3v) is 6.82. The summed E-state index contributed by atoms with van der Waals surface area (Å²) in [6, 6.07) is 18.0. The molecule has 2 aliphatic rings. The number of ether oxygens (including phenoxy) is 3. The first-order chi connectivity index (χ1) is 18.2. The van der Waals surface area contributed by atoms with Crippen LogP contribution < -0.4 is 25.2 Å². The van der Waals surface area contributed by atoms with E-state index in [1.54, 1.807) is 25.6 Å². The molecule has 1 atom stereocenters. The van der Waals surface area contributed by atoms with Crippen LogP contribution >= 0.6 is 0 Å². The Kier molecular flexibility index (Phi) is 6.24. The molecule has 2 aliphatic heterocycles. The number of nitrogens with one attached hydrogen (secondary N) is 2. The van der Waals surface area contributed by atoms with Crippen LogP contribution in [0.3, 0.4) is 0 Å². The third kappa shape index (κ3) is 4.88. The molecule has 2 aromatic heterocycles. The highest BCUT2D eigenvalue weighted by Crippen LogP contribution is 2.43. The molecule has 1 fully saturated rings. The molecule has 0 spiro atoms. The summed E-state index contributed by atoms with van der Waals surface area (Å²) < 4.78 is 17.9. The highest BCUT2D eigenvalue weighted by molar-refractivity contribution is 5.59. The molecule has 4 aromatic rings. The number of aromatic nitrogens is 2. The minimum atomic E-state index is -0.151. The monoisotopic (exact) mass is 496 g/mol. The highest BCUT2D eigenvalue weighted by Gasteiger charge is 2.28. The Morgan fingerprint density at radius 2 is 2.08 bits per heavy atom. The van der Waals surface area contributed by atoms with Crippen LogP contribution in [0.1, 0.15) is 28.4 Å². The fourth-order valence-electron chi connectivity index (χ4n) is 4.94. The fraction of sp³-hybridized carbons (Fsp3) is 0.241. The van der Waals surface area contributed by atoms with Crippen LogP contribution in [0.25, 0.3) is 0 Å². The van der Waals surface area contributed by atoms with E-state index in [0.29, 0.717) is 19.7 Å². The number of fused-ring (bicyclic) bond motifs is 2. The van der Waals surface area contributed by atoms with Gasteiger partial charge in [-0.15, -0.1) is 0 Å². The maximum atomic E-state index is 11.8. The Balaban J connectivity index is 1.19. The molecule has 37 heavy (non-hydrogen) atoms. The van der Waals surface area contributed by atoms with Crippen LogP contribution in [0.2, 0.25) is 0 Å². The lowest BCUT2D eigenvalue weighted by atomic mass is 9.95. The number of hydrogen-bond donors (Lipinski definition) is 2. The average Bonchev–Trinajstić information content (AvgIpc) is 2.94. The number of aromatic amines is 1. The van der Waals surface area contributed by atoms with Crippen LogP contribution in [0.4, 0.5) is 11.4 Å². The topological polar surface area (TPSA) is 88.7 Å². The van der Waals surface area contributed by atoms with Gasteiger partial charge in [0.1, 0.15) is 23.4 Å². The van der Waals surface area contributed by atoms with E-state index in [2.05, 4.69) is 44.5 Å². The molecule has 0 bridgehead atoms. The lowest BCUT2D eigenvalue weighted by Crippen LogP contribution is -2.39. The van der Waals surface area contributed by atoms with Crippen molar-refractivity contribution in [3.05, 3.63) is 106 Å². The minimum absolute atomic E-state index is 0.105. The van der Waals surface area contributed by atoms with Crippen LogP contribution in [-0.4, -0.2) is 36.8 Å². The average molecular weight is 497 g/mol. The zero-order valence-corrected chi connectivity index (χ0v) is 20.6. The number of anilines is 2. The molecule has 1 unspecified atom stereocenters. The standard InChI is InChI=1S/C29H28N4O4/c1-35-24-11-19(15-30-17-24)16-32-22-5-6-26-21(13-22)12-20-3-2-4-25(29(20)37-26)27-18-33(9-10-36-27)23-7-8-31-28(34)14-23/h2-8,11,13-15,17,27,32H,9-10,12,16,18H2,1H3,(H,31,34). The summed E-state index contributed by atoms with van der Waals surface area (Å²) in [6.45, 7) is 2.61. The van der Waals surface area contributed by atoms with Crippen molar-refractivity contribution in [2.75, 3.05) is 37.0 Å². The first kappa shape index (κ1) is 23.1. The van der Waals surface area contributed by atoms with E-state index in [1.807, 2.05) is 30.5 Å². The Morgan fingerprint density at radius 1 is 1.14 bits per heavy atom. The molecule has 2 N–H and O–H groups in total. The Bertz CT molecular complexity index is 1480. The van der Waals surface area contributed by atoms with Crippen molar-refractivity contribution in [1.82, 2.24) is 9.97 Å². The number of nitrogens with zero attached hydrogens (tertiary/aromatic N) is 2. The zero-order chi connectivity index (χ0) is 25.2. The molecule has 0 amide bonds. The summed E-state index contributed by atoms with van der Waals surface area (Å²) in [5.41, 5.74) is 6.16. The van der Waals surface area contributed by atoms with Crippen molar-refractivity contribution >= 4 is 11.4 Å². The SMILES string of the molecule is COc1cncc(CNc2ccc3c(c2)Cc2cccc(C4CN(c5cc[nH]c(=O)c5)CCO4)c2O3)c1. The summed E-state index contributed by atoms with van der Waals surface area (Å²) in [5, 5.41) is 3.47. The van der Waals surface area contributed by atoms with Gasteiger partial charge in [0.25, 0.3) is 0 Å². The predicted octanol–water partition coefficient (Wildman–Crippen LogP) is 4.67. The van der Waals surface area contributed by atoms with Crippen molar-refractivity contribution in [1.29, 1.82) is 0 Å². The molecular formula is C29H28N4O4. The molecule has 0 radical (unpaired) electrons. The van der Waals surface area contributed by atoms with Crippen LogP contribution in [0, 0.1) is 0 Å². The normalized spacial score (nSPS) is 16.4. The second-order valence-electron chi connectivity index (χ2n) is 9.24. The molecule has 6 rings (SSSR count). The summed E-state index contributed by atoms with van der Waals surface area (Å²) in [6.07, 6.45) is 5.84. The number of methoxy groups -OCH3 is 1. The van der Waals surface area contributed by atoms with Crippen molar-refractivity contribution in [2.45, 2.75) is 19.1 Å². The van der Waals surface area contributed by atoms with Gasteiger partial charge < -0.3 is 29.4 Å². The molecule has 4 heterocycles. The first-order valence-corrected chi connectivity index (χ1v) is 12.4.